The molecule has 2 nitrogen and oxygen atoms in total. The standard InChI is InChI=1S/C14H15BrO2S/c1-8-13(14(15)9(2)18-8)10-5-6-11(16-3)12(7-10)17-4/h5-7H,1-4H3. The molecule has 0 bridgehead atoms. The van der Waals surface area contributed by atoms with Gasteiger partial charge < -0.3 is 9.47 Å². The molecular weight excluding hydrogens is 312 g/mol. The van der Waals surface area contributed by atoms with Crippen molar-refractivity contribution < 1.29 is 9.47 Å². The van der Waals surface area contributed by atoms with Crippen LogP contribution in [0.5, 0.6) is 11.5 Å². The first kappa shape index (κ1) is 13.4. The van der Waals surface area contributed by atoms with E-state index in [2.05, 4.69) is 35.8 Å². The summed E-state index contributed by atoms with van der Waals surface area (Å²) in [6.07, 6.45) is 0. The number of aryl methyl sites for hydroxylation is 2. The molecule has 0 aliphatic carbocycles. The van der Waals surface area contributed by atoms with Crippen LogP contribution in [0.15, 0.2) is 22.7 Å². The zero-order valence-electron chi connectivity index (χ0n) is 10.8. The van der Waals surface area contributed by atoms with Crippen LogP contribution in [0, 0.1) is 13.8 Å². The van der Waals surface area contributed by atoms with Crippen LogP contribution in [0.25, 0.3) is 11.1 Å². The summed E-state index contributed by atoms with van der Waals surface area (Å²) in [6, 6.07) is 6.01. The van der Waals surface area contributed by atoms with Gasteiger partial charge >= 0.3 is 0 Å². The summed E-state index contributed by atoms with van der Waals surface area (Å²) in [7, 11) is 3.30. The van der Waals surface area contributed by atoms with Crippen LogP contribution in [0.2, 0.25) is 0 Å². The summed E-state index contributed by atoms with van der Waals surface area (Å²) in [6.45, 7) is 4.25. The topological polar surface area (TPSA) is 18.5 Å². The molecule has 0 aliphatic rings. The average Bonchev–Trinajstić information content (AvgIpc) is 2.62. The smallest absolute Gasteiger partial charge is 0.161 e. The number of thiophene rings is 1. The molecular formula is C14H15BrO2S. The van der Waals surface area contributed by atoms with E-state index in [4.69, 9.17) is 9.47 Å². The fourth-order valence-electron chi connectivity index (χ4n) is 1.98. The van der Waals surface area contributed by atoms with Gasteiger partial charge in [0, 0.05) is 19.8 Å². The lowest BCUT2D eigenvalue weighted by atomic mass is 10.1. The number of hydrogen-bond acceptors (Lipinski definition) is 3. The predicted octanol–water partition coefficient (Wildman–Crippen LogP) is 4.81. The largest absolute Gasteiger partial charge is 0.493 e. The Morgan fingerprint density at radius 1 is 1.00 bits per heavy atom. The molecule has 4 heteroatoms. The summed E-state index contributed by atoms with van der Waals surface area (Å²) in [5.41, 5.74) is 2.37. The lowest BCUT2D eigenvalue weighted by Crippen LogP contribution is -1.91. The van der Waals surface area contributed by atoms with Gasteiger partial charge in [-0.3, -0.25) is 0 Å². The highest BCUT2D eigenvalue weighted by Gasteiger charge is 2.14. The van der Waals surface area contributed by atoms with Gasteiger partial charge in [0.2, 0.25) is 0 Å². The Kier molecular flexibility index (Phi) is 3.97. The van der Waals surface area contributed by atoms with Crippen molar-refractivity contribution in [2.75, 3.05) is 14.2 Å². The van der Waals surface area contributed by atoms with Crippen LogP contribution in [0.4, 0.5) is 0 Å². The average molecular weight is 327 g/mol. The molecule has 1 aromatic carbocycles. The lowest BCUT2D eigenvalue weighted by molar-refractivity contribution is 0.355. The van der Waals surface area contributed by atoms with Crippen LogP contribution >= 0.6 is 27.3 Å². The van der Waals surface area contributed by atoms with Gasteiger partial charge in [0.15, 0.2) is 11.5 Å². The summed E-state index contributed by atoms with van der Waals surface area (Å²) in [5, 5.41) is 0. The third-order valence-electron chi connectivity index (χ3n) is 2.86. The van der Waals surface area contributed by atoms with Gasteiger partial charge in [-0.15, -0.1) is 11.3 Å². The molecule has 0 saturated heterocycles. The van der Waals surface area contributed by atoms with E-state index >= 15 is 0 Å². The van der Waals surface area contributed by atoms with E-state index in [9.17, 15) is 0 Å². The van der Waals surface area contributed by atoms with Crippen LogP contribution in [-0.4, -0.2) is 14.2 Å². The van der Waals surface area contributed by atoms with Gasteiger partial charge in [-0.05, 0) is 47.5 Å². The fourth-order valence-corrected chi connectivity index (χ4v) is 3.85. The van der Waals surface area contributed by atoms with Crippen LogP contribution in [-0.2, 0) is 0 Å². The first-order valence-corrected chi connectivity index (χ1v) is 7.17. The number of ether oxygens (including phenoxy) is 2. The number of halogens is 1. The van der Waals surface area contributed by atoms with Gasteiger partial charge in [0.05, 0.1) is 14.2 Å². The second-order valence-electron chi connectivity index (χ2n) is 3.97. The van der Waals surface area contributed by atoms with E-state index in [0.717, 1.165) is 21.5 Å². The third-order valence-corrected chi connectivity index (χ3v) is 5.13. The molecule has 0 N–H and O–H groups in total. The molecule has 1 heterocycles. The number of benzene rings is 1. The van der Waals surface area contributed by atoms with E-state index in [1.807, 2.05) is 12.1 Å². The summed E-state index contributed by atoms with van der Waals surface area (Å²) >= 11 is 5.45. The number of rotatable bonds is 3. The lowest BCUT2D eigenvalue weighted by Gasteiger charge is -2.10. The highest BCUT2D eigenvalue weighted by Crippen LogP contribution is 2.42. The maximum absolute atomic E-state index is 5.35. The van der Waals surface area contributed by atoms with Gasteiger partial charge in [-0.25, -0.2) is 0 Å². The molecule has 2 aromatic rings. The highest BCUT2D eigenvalue weighted by molar-refractivity contribution is 9.10. The van der Waals surface area contributed by atoms with E-state index in [0.29, 0.717) is 0 Å². The fraction of sp³-hybridized carbons (Fsp3) is 0.286. The van der Waals surface area contributed by atoms with Gasteiger partial charge in [-0.1, -0.05) is 6.07 Å². The minimum absolute atomic E-state index is 0.752. The van der Waals surface area contributed by atoms with Crippen LogP contribution in [0.3, 0.4) is 0 Å². The molecule has 0 atom stereocenters. The Bertz CT molecular complexity index is 575. The second-order valence-corrected chi connectivity index (χ2v) is 6.20. The Balaban J connectivity index is 2.58. The van der Waals surface area contributed by atoms with Crippen molar-refractivity contribution in [3.8, 4) is 22.6 Å². The molecule has 0 aliphatic heterocycles. The minimum atomic E-state index is 0.752. The molecule has 0 fully saturated rings. The van der Waals surface area contributed by atoms with Crippen molar-refractivity contribution in [2.24, 2.45) is 0 Å². The Morgan fingerprint density at radius 3 is 2.17 bits per heavy atom. The molecule has 96 valence electrons. The van der Waals surface area contributed by atoms with Gasteiger partial charge in [0.25, 0.3) is 0 Å². The number of hydrogen-bond donors (Lipinski definition) is 0. The zero-order chi connectivity index (χ0) is 13.3. The molecule has 2 rings (SSSR count). The third kappa shape index (κ3) is 2.27. The van der Waals surface area contributed by atoms with Gasteiger partial charge in [0.1, 0.15) is 0 Å². The van der Waals surface area contributed by atoms with Crippen molar-refractivity contribution in [1.29, 1.82) is 0 Å². The van der Waals surface area contributed by atoms with Gasteiger partial charge in [-0.2, -0.15) is 0 Å². The summed E-state index contributed by atoms with van der Waals surface area (Å²) in [4.78, 5) is 2.59. The van der Waals surface area contributed by atoms with Crippen molar-refractivity contribution in [2.45, 2.75) is 13.8 Å². The molecule has 0 amide bonds. The molecule has 0 radical (unpaired) electrons. The quantitative estimate of drug-likeness (QED) is 0.805. The minimum Gasteiger partial charge on any atom is -0.493 e. The molecule has 1 aromatic heterocycles. The molecule has 18 heavy (non-hydrogen) atoms. The predicted molar refractivity (Wildman–Crippen MR) is 80.0 cm³/mol. The van der Waals surface area contributed by atoms with Crippen molar-refractivity contribution in [1.82, 2.24) is 0 Å². The maximum Gasteiger partial charge on any atom is 0.161 e. The van der Waals surface area contributed by atoms with Crippen molar-refractivity contribution in [3.63, 3.8) is 0 Å². The maximum atomic E-state index is 5.35. The summed E-state index contributed by atoms with van der Waals surface area (Å²) in [5.74, 6) is 1.51. The SMILES string of the molecule is COc1ccc(-c2c(C)sc(C)c2Br)cc1OC. The van der Waals surface area contributed by atoms with E-state index < -0.39 is 0 Å². The summed E-state index contributed by atoms with van der Waals surface area (Å²) < 4.78 is 11.8. The van der Waals surface area contributed by atoms with E-state index in [1.165, 1.54) is 15.3 Å². The highest BCUT2D eigenvalue weighted by atomic mass is 79.9. The zero-order valence-corrected chi connectivity index (χ0v) is 13.2. The van der Waals surface area contributed by atoms with E-state index in [1.54, 1.807) is 25.6 Å². The first-order valence-electron chi connectivity index (χ1n) is 5.56. The normalized spacial score (nSPS) is 10.5. The van der Waals surface area contributed by atoms with Crippen molar-refractivity contribution in [3.05, 3.63) is 32.4 Å². The first-order chi connectivity index (χ1) is 8.58. The number of methoxy groups -OCH3 is 2. The van der Waals surface area contributed by atoms with E-state index in [-0.39, 0.29) is 0 Å². The Labute approximate surface area is 120 Å². The molecule has 0 saturated carbocycles. The molecule has 0 unspecified atom stereocenters. The van der Waals surface area contributed by atoms with Crippen LogP contribution < -0.4 is 9.47 Å². The Hall–Kier alpha value is -1.00. The van der Waals surface area contributed by atoms with Crippen molar-refractivity contribution >= 4 is 27.3 Å². The monoisotopic (exact) mass is 326 g/mol. The Morgan fingerprint density at radius 2 is 1.67 bits per heavy atom. The van der Waals surface area contributed by atoms with Crippen LogP contribution in [0.1, 0.15) is 9.75 Å². The second kappa shape index (κ2) is 5.33. The molecule has 0 spiro atoms.